The molecule has 72 heavy (non-hydrogen) atoms. The molecular formula is C70H47NS. The molecule has 0 amide bonds. The van der Waals surface area contributed by atoms with Crippen LogP contribution in [0.15, 0.2) is 249 Å². The molecule has 3 aliphatic rings. The second-order valence-electron chi connectivity index (χ2n) is 20.3. The molecule has 15 rings (SSSR count). The summed E-state index contributed by atoms with van der Waals surface area (Å²) in [5.41, 5.74) is 25.7. The molecule has 1 aromatic heterocycles. The van der Waals surface area contributed by atoms with E-state index < -0.39 is 5.41 Å². The fourth-order valence-corrected chi connectivity index (χ4v) is 14.4. The Kier molecular flexibility index (Phi) is 8.86. The molecule has 1 nitrogen and oxygen atoms in total. The van der Waals surface area contributed by atoms with E-state index in [-0.39, 0.29) is 5.41 Å². The molecule has 2 heteroatoms. The molecule has 3 aliphatic carbocycles. The van der Waals surface area contributed by atoms with Gasteiger partial charge >= 0.3 is 0 Å². The van der Waals surface area contributed by atoms with Crippen molar-refractivity contribution in [1.82, 2.24) is 0 Å². The van der Waals surface area contributed by atoms with Crippen LogP contribution in [0.25, 0.3) is 86.9 Å². The summed E-state index contributed by atoms with van der Waals surface area (Å²) in [5, 5.41) is 2.65. The first-order valence-electron chi connectivity index (χ1n) is 25.2. The number of benzene rings is 11. The summed E-state index contributed by atoms with van der Waals surface area (Å²) in [6.45, 7) is 4.77. The number of hydrogen-bond donors (Lipinski definition) is 0. The van der Waals surface area contributed by atoms with E-state index in [1.165, 1.54) is 120 Å². The second-order valence-corrected chi connectivity index (χ2v) is 21.3. The normalized spacial score (nSPS) is 15.2. The lowest BCUT2D eigenvalue weighted by molar-refractivity contribution is 0.660. The van der Waals surface area contributed by atoms with Crippen LogP contribution in [-0.4, -0.2) is 0 Å². The Morgan fingerprint density at radius 2 is 0.833 bits per heavy atom. The number of anilines is 3. The van der Waals surface area contributed by atoms with E-state index in [0.717, 1.165) is 17.1 Å². The van der Waals surface area contributed by atoms with Crippen LogP contribution in [0.4, 0.5) is 17.1 Å². The Hall–Kier alpha value is -8.56. The summed E-state index contributed by atoms with van der Waals surface area (Å²) in [4.78, 5) is 2.53. The molecule has 0 saturated carbocycles. The zero-order valence-corrected chi connectivity index (χ0v) is 40.8. The van der Waals surface area contributed by atoms with E-state index in [4.69, 9.17) is 0 Å². The quantitative estimate of drug-likeness (QED) is 0.166. The lowest BCUT2D eigenvalue weighted by Crippen LogP contribution is -2.29. The fraction of sp³-hybridized carbons (Fsp3) is 0.0571. The van der Waals surface area contributed by atoms with Crippen molar-refractivity contribution in [1.29, 1.82) is 0 Å². The summed E-state index contributed by atoms with van der Waals surface area (Å²) >= 11 is 1.93. The topological polar surface area (TPSA) is 3.24 Å². The van der Waals surface area contributed by atoms with Crippen molar-refractivity contribution in [2.75, 3.05) is 4.90 Å². The molecule has 1 unspecified atom stereocenters. The number of hydrogen-bond acceptors (Lipinski definition) is 2. The van der Waals surface area contributed by atoms with Gasteiger partial charge in [0.2, 0.25) is 0 Å². The van der Waals surface area contributed by atoms with Gasteiger partial charge in [-0.3, -0.25) is 0 Å². The minimum atomic E-state index is -0.605. The van der Waals surface area contributed by atoms with Gasteiger partial charge in [0.05, 0.1) is 11.1 Å². The molecule has 0 aliphatic heterocycles. The van der Waals surface area contributed by atoms with Gasteiger partial charge in [0.15, 0.2) is 0 Å². The van der Waals surface area contributed by atoms with Gasteiger partial charge in [0.1, 0.15) is 0 Å². The number of para-hydroxylation sites is 1. The third-order valence-corrected chi connectivity index (χ3v) is 17.5. The third kappa shape index (κ3) is 5.70. The number of nitrogens with zero attached hydrogens (tertiary/aromatic N) is 1. The average Bonchev–Trinajstić information content (AvgIpc) is 4.03. The summed E-state index contributed by atoms with van der Waals surface area (Å²) in [6.07, 6.45) is 0. The predicted molar refractivity (Wildman–Crippen MR) is 304 cm³/mol. The first-order chi connectivity index (χ1) is 35.5. The summed E-state index contributed by atoms with van der Waals surface area (Å²) < 4.78 is 2.68. The first kappa shape index (κ1) is 41.2. The van der Waals surface area contributed by atoms with E-state index in [1.807, 2.05) is 11.3 Å². The van der Waals surface area contributed by atoms with Gasteiger partial charge in [0, 0.05) is 48.1 Å². The van der Waals surface area contributed by atoms with Crippen LogP contribution in [0, 0.1) is 0 Å². The monoisotopic (exact) mass is 933 g/mol. The Morgan fingerprint density at radius 1 is 0.319 bits per heavy atom. The minimum Gasteiger partial charge on any atom is -0.310 e. The van der Waals surface area contributed by atoms with Crippen molar-refractivity contribution >= 4 is 48.6 Å². The van der Waals surface area contributed by atoms with Gasteiger partial charge in [-0.05, 0) is 125 Å². The van der Waals surface area contributed by atoms with E-state index in [9.17, 15) is 0 Å². The zero-order valence-electron chi connectivity index (χ0n) is 40.0. The standard InChI is InChI=1S/C70H47NS/c1-69(2)59-27-13-8-24-53(59)54-38-36-48(43-64(54)69)71(65-30-16-11-20-49(65)46-34-32-45(33-35-46)44-18-4-3-5-19-44)47-37-40-62-58(42-47)51-22-7-6-21-50(51)52-23-9-14-28-60(52)70(62)61-29-15-10-26-57(61)67-63(70)41-39-56-55-25-12-17-31-66(55)72-68(56)67/h3-43H,1-2H3. The van der Waals surface area contributed by atoms with Gasteiger partial charge in [-0.1, -0.05) is 226 Å². The molecule has 1 spiro atoms. The Labute approximate surface area is 424 Å². The number of thiophene rings is 1. The number of fused-ring (bicyclic) bond motifs is 19. The van der Waals surface area contributed by atoms with Crippen molar-refractivity contribution in [3.05, 3.63) is 282 Å². The highest BCUT2D eigenvalue weighted by molar-refractivity contribution is 7.26. The lowest BCUT2D eigenvalue weighted by Gasteiger charge is -2.36. The van der Waals surface area contributed by atoms with E-state index in [1.54, 1.807) is 0 Å². The molecule has 11 aromatic carbocycles. The fourth-order valence-electron chi connectivity index (χ4n) is 13.1. The van der Waals surface area contributed by atoms with Gasteiger partial charge < -0.3 is 4.90 Å². The van der Waals surface area contributed by atoms with Gasteiger partial charge in [-0.25, -0.2) is 0 Å². The van der Waals surface area contributed by atoms with E-state index >= 15 is 0 Å². The van der Waals surface area contributed by atoms with Crippen LogP contribution in [0.2, 0.25) is 0 Å². The van der Waals surface area contributed by atoms with Crippen molar-refractivity contribution < 1.29 is 0 Å². The van der Waals surface area contributed by atoms with Crippen LogP contribution < -0.4 is 4.90 Å². The summed E-state index contributed by atoms with van der Waals surface area (Å²) in [7, 11) is 0. The van der Waals surface area contributed by atoms with E-state index in [2.05, 4.69) is 267 Å². The predicted octanol–water partition coefficient (Wildman–Crippen LogP) is 19.2. The summed E-state index contributed by atoms with van der Waals surface area (Å²) in [6, 6.07) is 93.8. The van der Waals surface area contributed by atoms with Crippen molar-refractivity contribution in [3.8, 4) is 66.8 Å². The smallest absolute Gasteiger partial charge is 0.0726 e. The molecule has 0 N–H and O–H groups in total. The maximum absolute atomic E-state index is 2.53. The van der Waals surface area contributed by atoms with Gasteiger partial charge in [0.25, 0.3) is 0 Å². The highest BCUT2D eigenvalue weighted by atomic mass is 32.1. The van der Waals surface area contributed by atoms with Crippen molar-refractivity contribution in [2.24, 2.45) is 0 Å². The van der Waals surface area contributed by atoms with Gasteiger partial charge in [-0.15, -0.1) is 11.3 Å². The minimum absolute atomic E-state index is 0.172. The maximum Gasteiger partial charge on any atom is 0.0726 e. The molecule has 0 radical (unpaired) electrons. The average molecular weight is 934 g/mol. The van der Waals surface area contributed by atoms with Crippen LogP contribution >= 0.6 is 11.3 Å². The molecule has 0 bridgehead atoms. The third-order valence-electron chi connectivity index (χ3n) is 16.3. The molecule has 0 saturated heterocycles. The Morgan fingerprint density at radius 3 is 1.61 bits per heavy atom. The van der Waals surface area contributed by atoms with Gasteiger partial charge in [-0.2, -0.15) is 0 Å². The SMILES string of the molecule is CC1(C)c2ccccc2-c2ccc(N(c3ccc4c(c3)-c3ccccc3-c3ccccc3C43c4ccccc4-c4c3ccc3c4sc4ccccc43)c3ccccc3-c3ccc(-c4ccccc4)cc3)cc21. The van der Waals surface area contributed by atoms with Crippen LogP contribution in [0.5, 0.6) is 0 Å². The van der Waals surface area contributed by atoms with Crippen molar-refractivity contribution in [2.45, 2.75) is 24.7 Å². The highest BCUT2D eigenvalue weighted by Gasteiger charge is 2.50. The molecule has 12 aromatic rings. The maximum atomic E-state index is 2.53. The highest BCUT2D eigenvalue weighted by Crippen LogP contribution is 2.64. The van der Waals surface area contributed by atoms with Crippen molar-refractivity contribution in [3.63, 3.8) is 0 Å². The number of rotatable bonds is 5. The molecular weight excluding hydrogens is 887 g/mol. The molecule has 0 fully saturated rings. The van der Waals surface area contributed by atoms with E-state index in [0.29, 0.717) is 0 Å². The zero-order chi connectivity index (χ0) is 47.7. The Bertz CT molecular complexity index is 4190. The second kappa shape index (κ2) is 15.5. The molecule has 338 valence electrons. The molecule has 1 heterocycles. The van der Waals surface area contributed by atoms with Crippen LogP contribution in [0.3, 0.4) is 0 Å². The Balaban J connectivity index is 1.01. The largest absolute Gasteiger partial charge is 0.310 e. The molecule has 1 atom stereocenters. The first-order valence-corrected chi connectivity index (χ1v) is 26.0. The van der Waals surface area contributed by atoms with Crippen LogP contribution in [-0.2, 0) is 10.8 Å². The lowest BCUT2D eigenvalue weighted by atomic mass is 9.66. The van der Waals surface area contributed by atoms with Crippen LogP contribution in [0.1, 0.15) is 47.2 Å². The summed E-state index contributed by atoms with van der Waals surface area (Å²) in [5.74, 6) is 0.